The lowest BCUT2D eigenvalue weighted by atomic mass is 9.98. The Labute approximate surface area is 197 Å². The first kappa shape index (κ1) is 24.7. The summed E-state index contributed by atoms with van der Waals surface area (Å²) in [6.45, 7) is 12.1. The Hall–Kier alpha value is -1.52. The SMILES string of the molecule is CCNC(=NCCn1cc(C)cn1)NC1CC2CCC(C1)N2C(=O)OC(C)(C)C.I. The maximum Gasteiger partial charge on any atom is 0.410 e. The summed E-state index contributed by atoms with van der Waals surface area (Å²) in [6, 6.07) is 0.808. The fourth-order valence-electron chi connectivity index (χ4n) is 4.27. The van der Waals surface area contributed by atoms with Crippen molar-refractivity contribution < 1.29 is 9.53 Å². The predicted molar refractivity (Wildman–Crippen MR) is 129 cm³/mol. The molecule has 8 nitrogen and oxygen atoms in total. The second kappa shape index (κ2) is 10.7. The summed E-state index contributed by atoms with van der Waals surface area (Å²) in [7, 11) is 0. The summed E-state index contributed by atoms with van der Waals surface area (Å²) in [5.74, 6) is 0.839. The van der Waals surface area contributed by atoms with Crippen molar-refractivity contribution in [3.63, 3.8) is 0 Å². The van der Waals surface area contributed by atoms with E-state index in [0.717, 1.165) is 50.3 Å². The van der Waals surface area contributed by atoms with Crippen LogP contribution in [-0.2, 0) is 11.3 Å². The molecule has 170 valence electrons. The Bertz CT molecular complexity index is 715. The number of nitrogens with zero attached hydrogens (tertiary/aromatic N) is 4. The molecule has 2 atom stereocenters. The minimum absolute atomic E-state index is 0. The van der Waals surface area contributed by atoms with E-state index in [9.17, 15) is 4.79 Å². The molecule has 3 rings (SSSR count). The lowest BCUT2D eigenvalue weighted by Crippen LogP contribution is -2.55. The van der Waals surface area contributed by atoms with Crippen molar-refractivity contribution >= 4 is 36.0 Å². The minimum atomic E-state index is -0.455. The Morgan fingerprint density at radius 1 is 1.30 bits per heavy atom. The number of ether oxygens (including phenoxy) is 1. The molecule has 2 N–H and O–H groups in total. The minimum Gasteiger partial charge on any atom is -0.444 e. The number of carbonyl (C=O) groups is 1. The molecular formula is C21H37IN6O2. The number of fused-ring (bicyclic) bond motifs is 2. The van der Waals surface area contributed by atoms with Gasteiger partial charge in [-0.1, -0.05) is 0 Å². The quantitative estimate of drug-likeness (QED) is 0.346. The molecule has 1 aromatic rings. The number of hydrogen-bond donors (Lipinski definition) is 2. The van der Waals surface area contributed by atoms with Crippen molar-refractivity contribution in [3.8, 4) is 0 Å². The summed E-state index contributed by atoms with van der Waals surface area (Å²) in [5.41, 5.74) is 0.704. The summed E-state index contributed by atoms with van der Waals surface area (Å²) in [6.07, 6.45) is 7.68. The number of halogens is 1. The molecule has 0 aliphatic carbocycles. The summed E-state index contributed by atoms with van der Waals surface area (Å²) >= 11 is 0. The number of amides is 1. The van der Waals surface area contributed by atoms with Gasteiger partial charge in [0.15, 0.2) is 5.96 Å². The summed E-state index contributed by atoms with van der Waals surface area (Å²) in [5, 5.41) is 11.2. The molecule has 30 heavy (non-hydrogen) atoms. The van der Waals surface area contributed by atoms with E-state index in [4.69, 9.17) is 9.73 Å². The van der Waals surface area contributed by atoms with E-state index in [-0.39, 0.29) is 42.2 Å². The van der Waals surface area contributed by atoms with Gasteiger partial charge < -0.3 is 20.3 Å². The number of aliphatic imine (C=N–C) groups is 1. The van der Waals surface area contributed by atoms with Crippen molar-refractivity contribution in [2.75, 3.05) is 13.1 Å². The monoisotopic (exact) mass is 532 g/mol. The first-order chi connectivity index (χ1) is 13.7. The maximum atomic E-state index is 12.6. The van der Waals surface area contributed by atoms with Crippen molar-refractivity contribution in [3.05, 3.63) is 18.0 Å². The van der Waals surface area contributed by atoms with E-state index in [1.165, 1.54) is 0 Å². The van der Waals surface area contributed by atoms with E-state index >= 15 is 0 Å². The maximum absolute atomic E-state index is 12.6. The van der Waals surface area contributed by atoms with Crippen LogP contribution in [0.4, 0.5) is 4.79 Å². The fraction of sp³-hybridized carbons (Fsp3) is 0.762. The number of nitrogens with one attached hydrogen (secondary N) is 2. The van der Waals surface area contributed by atoms with Gasteiger partial charge >= 0.3 is 6.09 Å². The van der Waals surface area contributed by atoms with Crippen LogP contribution in [0.2, 0.25) is 0 Å². The van der Waals surface area contributed by atoms with Crippen LogP contribution in [0.5, 0.6) is 0 Å². The van der Waals surface area contributed by atoms with Gasteiger partial charge in [0, 0.05) is 30.9 Å². The van der Waals surface area contributed by atoms with Crippen LogP contribution in [0.25, 0.3) is 0 Å². The van der Waals surface area contributed by atoms with Gasteiger partial charge in [0.05, 0.1) is 19.3 Å². The number of piperidine rings is 1. The van der Waals surface area contributed by atoms with Crippen LogP contribution in [0.15, 0.2) is 17.4 Å². The molecular weight excluding hydrogens is 495 g/mol. The normalized spacial score (nSPS) is 23.7. The van der Waals surface area contributed by atoms with Crippen molar-refractivity contribution in [1.82, 2.24) is 25.3 Å². The highest BCUT2D eigenvalue weighted by Crippen LogP contribution is 2.36. The zero-order chi connectivity index (χ0) is 21.0. The molecule has 2 saturated heterocycles. The molecule has 2 unspecified atom stereocenters. The Morgan fingerprint density at radius 3 is 2.50 bits per heavy atom. The lowest BCUT2D eigenvalue weighted by Gasteiger charge is -2.40. The number of rotatable bonds is 5. The van der Waals surface area contributed by atoms with Crippen LogP contribution < -0.4 is 10.6 Å². The van der Waals surface area contributed by atoms with Gasteiger partial charge in [-0.05, 0) is 65.9 Å². The molecule has 9 heteroatoms. The molecule has 3 heterocycles. The third kappa shape index (κ3) is 6.75. The fourth-order valence-corrected chi connectivity index (χ4v) is 4.27. The highest BCUT2D eigenvalue weighted by molar-refractivity contribution is 14.0. The third-order valence-electron chi connectivity index (χ3n) is 5.38. The number of guanidine groups is 1. The van der Waals surface area contributed by atoms with Crippen molar-refractivity contribution in [1.29, 1.82) is 0 Å². The number of hydrogen-bond acceptors (Lipinski definition) is 4. The smallest absolute Gasteiger partial charge is 0.410 e. The van der Waals surface area contributed by atoms with E-state index in [1.807, 2.05) is 49.7 Å². The van der Waals surface area contributed by atoms with Crippen LogP contribution in [0, 0.1) is 6.92 Å². The van der Waals surface area contributed by atoms with Gasteiger partial charge in [0.25, 0.3) is 0 Å². The average Bonchev–Trinajstić information content (AvgIpc) is 3.14. The van der Waals surface area contributed by atoms with Crippen LogP contribution in [0.3, 0.4) is 0 Å². The lowest BCUT2D eigenvalue weighted by molar-refractivity contribution is 0.00545. The predicted octanol–water partition coefficient (Wildman–Crippen LogP) is 3.30. The number of aryl methyl sites for hydroxylation is 1. The second-order valence-electron chi connectivity index (χ2n) is 9.13. The highest BCUT2D eigenvalue weighted by Gasteiger charge is 2.45. The van der Waals surface area contributed by atoms with E-state index in [0.29, 0.717) is 12.6 Å². The van der Waals surface area contributed by atoms with Crippen LogP contribution >= 0.6 is 24.0 Å². The molecule has 1 amide bonds. The third-order valence-corrected chi connectivity index (χ3v) is 5.38. The molecule has 2 fully saturated rings. The molecule has 0 radical (unpaired) electrons. The first-order valence-corrected chi connectivity index (χ1v) is 10.8. The van der Waals surface area contributed by atoms with Crippen molar-refractivity contribution in [2.24, 2.45) is 4.99 Å². The van der Waals surface area contributed by atoms with Gasteiger partial charge in [0.2, 0.25) is 0 Å². The molecule has 0 aromatic carbocycles. The average molecular weight is 532 g/mol. The van der Waals surface area contributed by atoms with Gasteiger partial charge in [-0.15, -0.1) is 24.0 Å². The zero-order valence-corrected chi connectivity index (χ0v) is 21.2. The molecule has 1 aromatic heterocycles. The highest BCUT2D eigenvalue weighted by atomic mass is 127. The number of aromatic nitrogens is 2. The Morgan fingerprint density at radius 2 is 1.97 bits per heavy atom. The van der Waals surface area contributed by atoms with E-state index in [1.54, 1.807) is 0 Å². The summed E-state index contributed by atoms with van der Waals surface area (Å²) < 4.78 is 7.55. The second-order valence-corrected chi connectivity index (χ2v) is 9.13. The van der Waals surface area contributed by atoms with Gasteiger partial charge in [0.1, 0.15) is 5.60 Å². The topological polar surface area (TPSA) is 83.8 Å². The van der Waals surface area contributed by atoms with Crippen LogP contribution in [0.1, 0.15) is 58.9 Å². The number of carbonyl (C=O) groups excluding carboxylic acids is 1. The summed E-state index contributed by atoms with van der Waals surface area (Å²) in [4.78, 5) is 19.3. The Kier molecular flexibility index (Phi) is 8.81. The molecule has 0 spiro atoms. The van der Waals surface area contributed by atoms with Crippen LogP contribution in [-0.4, -0.2) is 63.5 Å². The van der Waals surface area contributed by atoms with Gasteiger partial charge in [-0.25, -0.2) is 4.79 Å². The van der Waals surface area contributed by atoms with E-state index < -0.39 is 5.60 Å². The first-order valence-electron chi connectivity index (χ1n) is 10.8. The van der Waals surface area contributed by atoms with Gasteiger partial charge in [-0.3, -0.25) is 9.67 Å². The zero-order valence-electron chi connectivity index (χ0n) is 18.9. The van der Waals surface area contributed by atoms with Crippen molar-refractivity contribution in [2.45, 2.75) is 90.6 Å². The standard InChI is InChI=1S/C21H36N6O2.HI/c1-6-22-19(23-9-10-26-14-15(2)13-24-26)25-16-11-17-7-8-18(12-16)27(17)20(28)29-21(3,4)5;/h13-14,16-18H,6-12H2,1-5H3,(H2,22,23,25);1H. The van der Waals surface area contributed by atoms with E-state index in [2.05, 4.69) is 22.7 Å². The molecule has 2 aliphatic heterocycles. The molecule has 2 aliphatic rings. The molecule has 2 bridgehead atoms. The largest absolute Gasteiger partial charge is 0.444 e. The molecule has 0 saturated carbocycles. The van der Waals surface area contributed by atoms with Gasteiger partial charge in [-0.2, -0.15) is 5.10 Å². The Balaban J connectivity index is 0.00000320.